The van der Waals surface area contributed by atoms with Crippen LogP contribution in [-0.4, -0.2) is 12.5 Å². The van der Waals surface area contributed by atoms with Crippen molar-refractivity contribution in [3.63, 3.8) is 0 Å². The SMILES string of the molecule is Cc1cc(OCC(=O)Nc2ccc(Oc3ccccc3)cc2)c(C(C)C)cc1Br. The first-order valence-corrected chi connectivity index (χ1v) is 10.3. The van der Waals surface area contributed by atoms with Crippen LogP contribution in [0.2, 0.25) is 0 Å². The van der Waals surface area contributed by atoms with Crippen molar-refractivity contribution in [2.24, 2.45) is 0 Å². The number of rotatable bonds is 7. The second-order valence-corrected chi connectivity index (χ2v) is 7.92. The first-order chi connectivity index (χ1) is 13.9. The molecule has 3 rings (SSSR count). The van der Waals surface area contributed by atoms with E-state index in [2.05, 4.69) is 41.2 Å². The van der Waals surface area contributed by atoms with Crippen LogP contribution in [0.25, 0.3) is 0 Å². The van der Waals surface area contributed by atoms with Crippen LogP contribution in [0.5, 0.6) is 17.2 Å². The molecule has 150 valence electrons. The Balaban J connectivity index is 1.58. The Morgan fingerprint density at radius 2 is 1.66 bits per heavy atom. The smallest absolute Gasteiger partial charge is 0.262 e. The van der Waals surface area contributed by atoms with E-state index in [9.17, 15) is 4.79 Å². The minimum Gasteiger partial charge on any atom is -0.483 e. The van der Waals surface area contributed by atoms with Gasteiger partial charge in [-0.2, -0.15) is 0 Å². The van der Waals surface area contributed by atoms with E-state index in [1.54, 1.807) is 12.1 Å². The number of carbonyl (C=O) groups excluding carboxylic acids is 1. The van der Waals surface area contributed by atoms with Crippen LogP contribution in [0.1, 0.15) is 30.9 Å². The average molecular weight is 454 g/mol. The molecule has 5 heteroatoms. The first-order valence-electron chi connectivity index (χ1n) is 9.48. The summed E-state index contributed by atoms with van der Waals surface area (Å²) in [5.74, 6) is 2.29. The lowest BCUT2D eigenvalue weighted by Crippen LogP contribution is -2.20. The first kappa shape index (κ1) is 20.9. The lowest BCUT2D eigenvalue weighted by atomic mass is 10.0. The van der Waals surface area contributed by atoms with E-state index in [0.29, 0.717) is 17.4 Å². The van der Waals surface area contributed by atoms with Gasteiger partial charge < -0.3 is 14.8 Å². The zero-order valence-corrected chi connectivity index (χ0v) is 18.3. The number of para-hydroxylation sites is 1. The molecule has 0 aliphatic carbocycles. The molecule has 4 nitrogen and oxygen atoms in total. The highest BCUT2D eigenvalue weighted by molar-refractivity contribution is 9.10. The largest absolute Gasteiger partial charge is 0.483 e. The molecular weight excluding hydrogens is 430 g/mol. The molecule has 0 saturated carbocycles. The summed E-state index contributed by atoms with van der Waals surface area (Å²) in [5.41, 5.74) is 2.83. The number of hydrogen-bond donors (Lipinski definition) is 1. The van der Waals surface area contributed by atoms with Gasteiger partial charge in [-0.05, 0) is 72.5 Å². The summed E-state index contributed by atoms with van der Waals surface area (Å²) in [6.07, 6.45) is 0. The van der Waals surface area contributed by atoms with Gasteiger partial charge in [0.25, 0.3) is 5.91 Å². The second kappa shape index (κ2) is 9.61. The minimum absolute atomic E-state index is 0.0525. The molecule has 1 N–H and O–H groups in total. The summed E-state index contributed by atoms with van der Waals surface area (Å²) in [6, 6.07) is 20.8. The monoisotopic (exact) mass is 453 g/mol. The summed E-state index contributed by atoms with van der Waals surface area (Å²) in [4.78, 5) is 12.3. The van der Waals surface area contributed by atoms with Crippen LogP contribution in [0.4, 0.5) is 5.69 Å². The maximum Gasteiger partial charge on any atom is 0.262 e. The fraction of sp³-hybridized carbons (Fsp3) is 0.208. The molecule has 0 bridgehead atoms. The molecule has 3 aromatic carbocycles. The number of halogens is 1. The molecule has 0 fully saturated rings. The van der Waals surface area contributed by atoms with Gasteiger partial charge in [0.05, 0.1) is 0 Å². The molecule has 0 aliphatic rings. The highest BCUT2D eigenvalue weighted by atomic mass is 79.9. The predicted molar refractivity (Wildman–Crippen MR) is 120 cm³/mol. The molecule has 0 atom stereocenters. The van der Waals surface area contributed by atoms with E-state index in [4.69, 9.17) is 9.47 Å². The van der Waals surface area contributed by atoms with E-state index in [1.807, 2.05) is 55.5 Å². The van der Waals surface area contributed by atoms with Crippen LogP contribution in [-0.2, 0) is 4.79 Å². The van der Waals surface area contributed by atoms with E-state index in [-0.39, 0.29) is 12.5 Å². The van der Waals surface area contributed by atoms with E-state index < -0.39 is 0 Å². The van der Waals surface area contributed by atoms with Gasteiger partial charge >= 0.3 is 0 Å². The quantitative estimate of drug-likeness (QED) is 0.433. The summed E-state index contributed by atoms with van der Waals surface area (Å²) in [6.45, 7) is 6.15. The van der Waals surface area contributed by atoms with Gasteiger partial charge in [-0.1, -0.05) is 48.0 Å². The zero-order valence-electron chi connectivity index (χ0n) is 16.7. The van der Waals surface area contributed by atoms with Crippen molar-refractivity contribution in [2.45, 2.75) is 26.7 Å². The van der Waals surface area contributed by atoms with Crippen LogP contribution in [0.3, 0.4) is 0 Å². The number of aryl methyl sites for hydroxylation is 1. The number of hydrogen-bond acceptors (Lipinski definition) is 3. The number of amides is 1. The van der Waals surface area contributed by atoms with Crippen LogP contribution >= 0.6 is 15.9 Å². The van der Waals surface area contributed by atoms with Crippen LogP contribution in [0, 0.1) is 6.92 Å². The molecule has 0 heterocycles. The van der Waals surface area contributed by atoms with E-state index in [1.165, 1.54) is 0 Å². The topological polar surface area (TPSA) is 47.6 Å². The van der Waals surface area contributed by atoms with Crippen molar-refractivity contribution in [1.29, 1.82) is 0 Å². The third kappa shape index (κ3) is 5.84. The van der Waals surface area contributed by atoms with Crippen molar-refractivity contribution >= 4 is 27.5 Å². The van der Waals surface area contributed by atoms with Crippen LogP contribution in [0.15, 0.2) is 71.2 Å². The highest BCUT2D eigenvalue weighted by Crippen LogP contribution is 2.32. The van der Waals surface area contributed by atoms with Crippen molar-refractivity contribution in [1.82, 2.24) is 0 Å². The Morgan fingerprint density at radius 1 is 1.00 bits per heavy atom. The highest BCUT2D eigenvalue weighted by Gasteiger charge is 2.13. The molecule has 0 saturated heterocycles. The van der Waals surface area contributed by atoms with Gasteiger partial charge in [0, 0.05) is 10.2 Å². The third-order valence-corrected chi connectivity index (χ3v) is 5.24. The molecule has 0 radical (unpaired) electrons. The summed E-state index contributed by atoms with van der Waals surface area (Å²) < 4.78 is 12.6. The molecule has 0 spiro atoms. The number of anilines is 1. The Bertz CT molecular complexity index is 969. The molecule has 3 aromatic rings. The van der Waals surface area contributed by atoms with Gasteiger partial charge in [-0.3, -0.25) is 4.79 Å². The van der Waals surface area contributed by atoms with Crippen molar-refractivity contribution < 1.29 is 14.3 Å². The number of ether oxygens (including phenoxy) is 2. The number of carbonyl (C=O) groups is 1. The molecular formula is C24H24BrNO3. The van der Waals surface area contributed by atoms with Gasteiger partial charge in [0.1, 0.15) is 17.2 Å². The van der Waals surface area contributed by atoms with E-state index in [0.717, 1.165) is 27.1 Å². The molecule has 0 unspecified atom stereocenters. The van der Waals surface area contributed by atoms with Gasteiger partial charge in [-0.25, -0.2) is 0 Å². The zero-order chi connectivity index (χ0) is 20.8. The van der Waals surface area contributed by atoms with Crippen LogP contribution < -0.4 is 14.8 Å². The normalized spacial score (nSPS) is 10.7. The molecule has 0 aromatic heterocycles. The number of benzene rings is 3. The molecule has 29 heavy (non-hydrogen) atoms. The Labute approximate surface area is 180 Å². The lowest BCUT2D eigenvalue weighted by Gasteiger charge is -2.16. The van der Waals surface area contributed by atoms with E-state index >= 15 is 0 Å². The minimum atomic E-state index is -0.211. The number of nitrogens with one attached hydrogen (secondary N) is 1. The predicted octanol–water partition coefficient (Wildman–Crippen LogP) is 6.69. The Kier molecular flexibility index (Phi) is 6.94. The fourth-order valence-corrected chi connectivity index (χ4v) is 3.18. The van der Waals surface area contributed by atoms with Gasteiger partial charge in [0.2, 0.25) is 0 Å². The summed E-state index contributed by atoms with van der Waals surface area (Å²) in [5, 5.41) is 2.85. The third-order valence-electron chi connectivity index (χ3n) is 4.39. The summed E-state index contributed by atoms with van der Waals surface area (Å²) in [7, 11) is 0. The molecule has 0 aliphatic heterocycles. The Morgan fingerprint density at radius 3 is 2.31 bits per heavy atom. The van der Waals surface area contributed by atoms with Gasteiger partial charge in [-0.15, -0.1) is 0 Å². The Hall–Kier alpha value is -2.79. The lowest BCUT2D eigenvalue weighted by molar-refractivity contribution is -0.118. The maximum atomic E-state index is 12.3. The second-order valence-electron chi connectivity index (χ2n) is 7.07. The maximum absolute atomic E-state index is 12.3. The fourth-order valence-electron chi connectivity index (χ4n) is 2.82. The average Bonchev–Trinajstić information content (AvgIpc) is 2.70. The van der Waals surface area contributed by atoms with Crippen molar-refractivity contribution in [2.75, 3.05) is 11.9 Å². The van der Waals surface area contributed by atoms with Crippen molar-refractivity contribution in [3.8, 4) is 17.2 Å². The standard InChI is InChI=1S/C24H24BrNO3/c1-16(2)21-14-22(25)17(3)13-23(21)28-15-24(27)26-18-9-11-20(12-10-18)29-19-7-5-4-6-8-19/h4-14,16H,15H2,1-3H3,(H,26,27). The van der Waals surface area contributed by atoms with Crippen molar-refractivity contribution in [3.05, 3.63) is 82.3 Å². The molecule has 1 amide bonds. The summed E-state index contributed by atoms with van der Waals surface area (Å²) >= 11 is 3.55. The van der Waals surface area contributed by atoms with Gasteiger partial charge in [0.15, 0.2) is 6.61 Å².